The Morgan fingerprint density at radius 1 is 1.08 bits per heavy atom. The number of para-hydroxylation sites is 1. The number of carbonyl (C=O) groups is 1. The highest BCUT2D eigenvalue weighted by Gasteiger charge is 2.15. The zero-order valence-corrected chi connectivity index (χ0v) is 15.6. The molecular weight excluding hydrogens is 344 g/mol. The molecule has 1 aromatic heterocycles. The molecule has 0 fully saturated rings. The molecule has 3 rings (SSSR count). The van der Waals surface area contributed by atoms with Gasteiger partial charge in [-0.05, 0) is 24.6 Å². The number of hydrogen-bond donors (Lipinski definition) is 0. The minimum atomic E-state index is 0.0946. The molecule has 0 N–H and O–H groups in total. The molecular formula is C21H22N2O2S. The zero-order valence-electron chi connectivity index (χ0n) is 14.8. The fourth-order valence-electron chi connectivity index (χ4n) is 2.61. The number of rotatable bonds is 8. The highest BCUT2D eigenvalue weighted by molar-refractivity contribution is 7.09. The van der Waals surface area contributed by atoms with Gasteiger partial charge in [-0.3, -0.25) is 4.79 Å². The second-order valence-electron chi connectivity index (χ2n) is 5.90. The number of amides is 1. The van der Waals surface area contributed by atoms with Crippen molar-refractivity contribution in [2.75, 3.05) is 6.54 Å². The van der Waals surface area contributed by atoms with Gasteiger partial charge in [0, 0.05) is 18.5 Å². The maximum Gasteiger partial charge on any atom is 0.228 e. The van der Waals surface area contributed by atoms with Crippen molar-refractivity contribution >= 4 is 17.2 Å². The summed E-state index contributed by atoms with van der Waals surface area (Å²) in [7, 11) is 0. The Kier molecular flexibility index (Phi) is 6.39. The van der Waals surface area contributed by atoms with Gasteiger partial charge in [0.25, 0.3) is 0 Å². The van der Waals surface area contributed by atoms with Gasteiger partial charge in [-0.25, -0.2) is 4.98 Å². The number of benzene rings is 2. The molecule has 0 unspecified atom stereocenters. The average Bonchev–Trinajstić information content (AvgIpc) is 3.13. The van der Waals surface area contributed by atoms with Crippen LogP contribution in [0.15, 0.2) is 66.0 Å². The van der Waals surface area contributed by atoms with Crippen molar-refractivity contribution in [3.05, 3.63) is 82.3 Å². The van der Waals surface area contributed by atoms with Crippen LogP contribution in [-0.4, -0.2) is 22.3 Å². The predicted octanol–water partition coefficient (Wildman–Crippen LogP) is 4.31. The summed E-state index contributed by atoms with van der Waals surface area (Å²) < 4.78 is 5.71. The van der Waals surface area contributed by atoms with Crippen LogP contribution in [0.1, 0.15) is 23.2 Å². The van der Waals surface area contributed by atoms with Gasteiger partial charge in [-0.15, -0.1) is 11.3 Å². The van der Waals surface area contributed by atoms with E-state index in [2.05, 4.69) is 4.98 Å². The van der Waals surface area contributed by atoms with E-state index in [-0.39, 0.29) is 5.91 Å². The first-order chi connectivity index (χ1) is 12.7. The van der Waals surface area contributed by atoms with Crippen LogP contribution >= 0.6 is 11.3 Å². The number of nitrogens with zero attached hydrogens (tertiary/aromatic N) is 2. The standard InChI is InChI=1S/C21H22N2O2S/c1-2-23(14-17-9-5-3-6-10-17)21(24)13-18-16-26-20(22-18)15-25-19-11-7-4-8-12-19/h3-12,16H,2,13-15H2,1H3. The third-order valence-corrected chi connectivity index (χ3v) is 4.86. The molecule has 0 aliphatic carbocycles. The summed E-state index contributed by atoms with van der Waals surface area (Å²) in [5.74, 6) is 0.914. The molecule has 134 valence electrons. The predicted molar refractivity (Wildman–Crippen MR) is 104 cm³/mol. The Bertz CT molecular complexity index is 818. The Morgan fingerprint density at radius 3 is 2.46 bits per heavy atom. The van der Waals surface area contributed by atoms with Crippen LogP contribution in [0.2, 0.25) is 0 Å². The van der Waals surface area contributed by atoms with Gasteiger partial charge in [0.1, 0.15) is 17.4 Å². The molecule has 4 nitrogen and oxygen atoms in total. The fraction of sp³-hybridized carbons (Fsp3) is 0.238. The summed E-state index contributed by atoms with van der Waals surface area (Å²) in [6, 6.07) is 19.7. The zero-order chi connectivity index (χ0) is 18.2. The molecule has 0 saturated carbocycles. The largest absolute Gasteiger partial charge is 0.486 e. The number of hydrogen-bond acceptors (Lipinski definition) is 4. The van der Waals surface area contributed by atoms with Crippen LogP contribution in [0.3, 0.4) is 0 Å². The Hall–Kier alpha value is -2.66. The number of aromatic nitrogens is 1. The SMILES string of the molecule is CCN(Cc1ccccc1)C(=O)Cc1csc(COc2ccccc2)n1. The lowest BCUT2D eigenvalue weighted by Crippen LogP contribution is -2.31. The van der Waals surface area contributed by atoms with Gasteiger partial charge in [0.2, 0.25) is 5.91 Å². The third-order valence-electron chi connectivity index (χ3n) is 3.99. The van der Waals surface area contributed by atoms with Gasteiger partial charge in [0.05, 0.1) is 12.1 Å². The van der Waals surface area contributed by atoms with E-state index in [4.69, 9.17) is 4.74 Å². The molecule has 1 heterocycles. The third kappa shape index (κ3) is 5.17. The van der Waals surface area contributed by atoms with Gasteiger partial charge in [0.15, 0.2) is 0 Å². The average molecular weight is 366 g/mol. The lowest BCUT2D eigenvalue weighted by atomic mass is 10.2. The molecule has 1 amide bonds. The lowest BCUT2D eigenvalue weighted by Gasteiger charge is -2.20. The minimum Gasteiger partial charge on any atom is -0.486 e. The van der Waals surface area contributed by atoms with Crippen molar-refractivity contribution in [1.29, 1.82) is 0 Å². The Labute approximate surface area is 158 Å². The summed E-state index contributed by atoms with van der Waals surface area (Å²) >= 11 is 1.53. The Balaban J connectivity index is 1.54. The van der Waals surface area contributed by atoms with Crippen molar-refractivity contribution in [3.63, 3.8) is 0 Å². The molecule has 0 aliphatic heterocycles. The maximum atomic E-state index is 12.6. The van der Waals surface area contributed by atoms with Gasteiger partial charge in [-0.1, -0.05) is 48.5 Å². The fourth-order valence-corrected chi connectivity index (χ4v) is 3.31. The molecule has 0 spiro atoms. The highest BCUT2D eigenvalue weighted by Crippen LogP contribution is 2.16. The minimum absolute atomic E-state index is 0.0946. The second kappa shape index (κ2) is 9.15. The first kappa shape index (κ1) is 18.1. The summed E-state index contributed by atoms with van der Waals surface area (Å²) in [4.78, 5) is 19.0. The van der Waals surface area contributed by atoms with E-state index in [1.165, 1.54) is 11.3 Å². The summed E-state index contributed by atoms with van der Waals surface area (Å²) in [6.07, 6.45) is 0.322. The molecule has 3 aromatic rings. The molecule has 0 atom stereocenters. The monoisotopic (exact) mass is 366 g/mol. The summed E-state index contributed by atoms with van der Waals surface area (Å²) in [6.45, 7) is 3.73. The molecule has 0 bridgehead atoms. The molecule has 0 saturated heterocycles. The van der Waals surface area contributed by atoms with Crippen LogP contribution in [-0.2, 0) is 24.4 Å². The van der Waals surface area contributed by atoms with E-state index in [0.29, 0.717) is 26.1 Å². The van der Waals surface area contributed by atoms with E-state index in [1.807, 2.05) is 77.9 Å². The van der Waals surface area contributed by atoms with Crippen LogP contribution < -0.4 is 4.74 Å². The van der Waals surface area contributed by atoms with Crippen LogP contribution in [0.25, 0.3) is 0 Å². The van der Waals surface area contributed by atoms with Gasteiger partial charge in [-0.2, -0.15) is 0 Å². The van der Waals surface area contributed by atoms with Crippen molar-refractivity contribution in [3.8, 4) is 5.75 Å². The quantitative estimate of drug-likeness (QED) is 0.596. The van der Waals surface area contributed by atoms with Gasteiger partial charge >= 0.3 is 0 Å². The molecule has 0 radical (unpaired) electrons. The first-order valence-electron chi connectivity index (χ1n) is 8.67. The van der Waals surface area contributed by atoms with E-state index in [1.54, 1.807) is 0 Å². The van der Waals surface area contributed by atoms with Crippen LogP contribution in [0.5, 0.6) is 5.75 Å². The second-order valence-corrected chi connectivity index (χ2v) is 6.85. The van der Waals surface area contributed by atoms with E-state index < -0.39 is 0 Å². The van der Waals surface area contributed by atoms with Crippen molar-refractivity contribution in [2.45, 2.75) is 26.5 Å². The molecule has 2 aromatic carbocycles. The van der Waals surface area contributed by atoms with Crippen molar-refractivity contribution in [2.24, 2.45) is 0 Å². The smallest absolute Gasteiger partial charge is 0.228 e. The van der Waals surface area contributed by atoms with Crippen molar-refractivity contribution < 1.29 is 9.53 Å². The lowest BCUT2D eigenvalue weighted by molar-refractivity contribution is -0.130. The number of ether oxygens (including phenoxy) is 1. The topological polar surface area (TPSA) is 42.4 Å². The van der Waals surface area contributed by atoms with Crippen LogP contribution in [0, 0.1) is 0 Å². The molecule has 5 heteroatoms. The van der Waals surface area contributed by atoms with Crippen LogP contribution in [0.4, 0.5) is 0 Å². The summed E-state index contributed by atoms with van der Waals surface area (Å²) in [5.41, 5.74) is 1.94. The van der Waals surface area contributed by atoms with Crippen molar-refractivity contribution in [1.82, 2.24) is 9.88 Å². The number of carbonyl (C=O) groups excluding carboxylic acids is 1. The van der Waals surface area contributed by atoms with Gasteiger partial charge < -0.3 is 9.64 Å². The van der Waals surface area contributed by atoms with E-state index >= 15 is 0 Å². The number of likely N-dealkylation sites (N-methyl/N-ethyl adjacent to an activating group) is 1. The van der Waals surface area contributed by atoms with E-state index in [9.17, 15) is 4.79 Å². The Morgan fingerprint density at radius 2 is 1.77 bits per heavy atom. The maximum absolute atomic E-state index is 12.6. The molecule has 0 aliphatic rings. The molecule has 26 heavy (non-hydrogen) atoms. The summed E-state index contributed by atoms with van der Waals surface area (Å²) in [5, 5.41) is 2.82. The number of thiazole rings is 1. The van der Waals surface area contributed by atoms with E-state index in [0.717, 1.165) is 22.0 Å². The highest BCUT2D eigenvalue weighted by atomic mass is 32.1. The normalized spacial score (nSPS) is 10.5. The first-order valence-corrected chi connectivity index (χ1v) is 9.55.